The summed E-state index contributed by atoms with van der Waals surface area (Å²) in [6.45, 7) is 8.45. The van der Waals surface area contributed by atoms with Crippen LogP contribution in [0, 0.1) is 0 Å². The molecule has 0 N–H and O–H groups in total. The van der Waals surface area contributed by atoms with Crippen molar-refractivity contribution in [2.45, 2.75) is 13.8 Å². The van der Waals surface area contributed by atoms with E-state index >= 15 is 0 Å². The van der Waals surface area contributed by atoms with Gasteiger partial charge in [0.2, 0.25) is 0 Å². The van der Waals surface area contributed by atoms with Crippen molar-refractivity contribution in [3.05, 3.63) is 23.8 Å². The van der Waals surface area contributed by atoms with Crippen LogP contribution in [0.3, 0.4) is 0 Å². The molecule has 0 radical (unpaired) electrons. The molecular formula is C19H29KO8. The Balaban J connectivity index is 0.00000729. The zero-order valence-electron chi connectivity index (χ0n) is 17.1. The van der Waals surface area contributed by atoms with Crippen molar-refractivity contribution >= 4 is 5.97 Å². The maximum Gasteiger partial charge on any atom is 1.00 e. The number of rotatable bonds is 17. The summed E-state index contributed by atoms with van der Waals surface area (Å²) in [5.41, 5.74) is -0.0166. The van der Waals surface area contributed by atoms with Crippen LogP contribution < -0.4 is 66.0 Å². The molecule has 0 aliphatic rings. The molecule has 0 saturated carbocycles. The molecule has 0 amide bonds. The number of hydrogen-bond donors (Lipinski definition) is 0. The van der Waals surface area contributed by atoms with Crippen LogP contribution in [0.25, 0.3) is 0 Å². The molecule has 28 heavy (non-hydrogen) atoms. The fourth-order valence-corrected chi connectivity index (χ4v) is 2.02. The number of carboxylic acids is 1. The Kier molecular flexibility index (Phi) is 18.6. The van der Waals surface area contributed by atoms with Gasteiger partial charge in [-0.25, -0.2) is 0 Å². The predicted molar refractivity (Wildman–Crippen MR) is 96.4 cm³/mol. The summed E-state index contributed by atoms with van der Waals surface area (Å²) < 4.78 is 32.1. The van der Waals surface area contributed by atoms with Gasteiger partial charge in [-0.3, -0.25) is 0 Å². The van der Waals surface area contributed by atoms with Crippen LogP contribution in [0.2, 0.25) is 0 Å². The summed E-state index contributed by atoms with van der Waals surface area (Å²) in [5, 5.41) is 11.2. The van der Waals surface area contributed by atoms with E-state index in [0.717, 1.165) is 0 Å². The molecule has 0 spiro atoms. The first-order valence-electron chi connectivity index (χ1n) is 9.10. The molecule has 154 valence electrons. The van der Waals surface area contributed by atoms with Crippen molar-refractivity contribution in [2.75, 3.05) is 66.1 Å². The average Bonchev–Trinajstić information content (AvgIpc) is 2.66. The Labute approximate surface area is 209 Å². The van der Waals surface area contributed by atoms with Crippen molar-refractivity contribution in [3.63, 3.8) is 0 Å². The van der Waals surface area contributed by atoms with E-state index in [2.05, 4.69) is 0 Å². The molecule has 0 heterocycles. The molecule has 0 bridgehead atoms. The smallest absolute Gasteiger partial charge is 0.545 e. The van der Waals surface area contributed by atoms with E-state index in [9.17, 15) is 9.90 Å². The summed E-state index contributed by atoms with van der Waals surface area (Å²) in [7, 11) is 0. The van der Waals surface area contributed by atoms with Gasteiger partial charge >= 0.3 is 51.4 Å². The summed E-state index contributed by atoms with van der Waals surface area (Å²) in [6, 6.07) is 4.40. The monoisotopic (exact) mass is 424 g/mol. The molecule has 0 unspecified atom stereocenters. The van der Waals surface area contributed by atoms with Gasteiger partial charge in [0.25, 0.3) is 0 Å². The number of ether oxygens (including phenoxy) is 6. The van der Waals surface area contributed by atoms with Gasteiger partial charge in [0.05, 0.1) is 45.6 Å². The second kappa shape index (κ2) is 18.8. The summed E-state index contributed by atoms with van der Waals surface area (Å²) in [5.74, 6) is -0.555. The number of carbonyl (C=O) groups excluding carboxylic acids is 1. The quantitative estimate of drug-likeness (QED) is 0.208. The number of aromatic carboxylic acids is 1. The molecule has 1 aromatic carbocycles. The largest absolute Gasteiger partial charge is 1.00 e. The summed E-state index contributed by atoms with van der Waals surface area (Å²) in [4.78, 5) is 11.2. The number of carbonyl (C=O) groups is 1. The number of carboxylic acid groups (broad SMARTS) is 1. The Morgan fingerprint density at radius 2 is 1.11 bits per heavy atom. The van der Waals surface area contributed by atoms with Crippen molar-refractivity contribution in [3.8, 4) is 11.5 Å². The first kappa shape index (κ1) is 27.8. The van der Waals surface area contributed by atoms with E-state index in [1.807, 2.05) is 13.8 Å². The molecule has 0 saturated heterocycles. The van der Waals surface area contributed by atoms with Crippen molar-refractivity contribution < 1.29 is 89.7 Å². The van der Waals surface area contributed by atoms with Crippen LogP contribution in [0.1, 0.15) is 24.2 Å². The van der Waals surface area contributed by atoms with E-state index in [4.69, 9.17) is 28.4 Å². The first-order chi connectivity index (χ1) is 13.2. The summed E-state index contributed by atoms with van der Waals surface area (Å²) in [6.07, 6.45) is 0. The Morgan fingerprint density at radius 1 is 0.714 bits per heavy atom. The zero-order valence-corrected chi connectivity index (χ0v) is 20.2. The van der Waals surface area contributed by atoms with Crippen LogP contribution in [-0.4, -0.2) is 72.0 Å². The van der Waals surface area contributed by atoms with E-state index in [1.54, 1.807) is 6.07 Å². The van der Waals surface area contributed by atoms with Gasteiger partial charge in [0.15, 0.2) is 0 Å². The molecule has 1 aromatic rings. The average molecular weight is 425 g/mol. The maximum absolute atomic E-state index is 11.2. The van der Waals surface area contributed by atoms with Crippen LogP contribution >= 0.6 is 0 Å². The minimum absolute atomic E-state index is 0. The molecule has 0 aromatic heterocycles. The SMILES string of the molecule is CCOCCOCCOc1cc(OCCOCCOCC)cc(C(=O)[O-])c1.[K+]. The van der Waals surface area contributed by atoms with Gasteiger partial charge < -0.3 is 38.3 Å². The van der Waals surface area contributed by atoms with E-state index in [-0.39, 0.29) is 70.2 Å². The molecule has 8 nitrogen and oxygen atoms in total. The second-order valence-electron chi connectivity index (χ2n) is 5.30. The molecule has 1 rings (SSSR count). The second-order valence-corrected chi connectivity index (χ2v) is 5.30. The van der Waals surface area contributed by atoms with Gasteiger partial charge in [-0.1, -0.05) is 0 Å². The topological polar surface area (TPSA) is 95.5 Å². The van der Waals surface area contributed by atoms with Crippen molar-refractivity contribution in [1.29, 1.82) is 0 Å². The van der Waals surface area contributed by atoms with Crippen LogP contribution in [-0.2, 0) is 18.9 Å². The standard InChI is InChI=1S/C19H30O8.K/c1-3-22-5-7-24-9-11-26-17-13-16(19(20)21)14-18(15-17)27-12-10-25-8-6-23-4-2;/h13-15H,3-12H2,1-2H3,(H,20,21);/q;+1/p-1. The molecule has 0 aliphatic heterocycles. The van der Waals surface area contributed by atoms with Crippen LogP contribution in [0.5, 0.6) is 11.5 Å². The fourth-order valence-electron chi connectivity index (χ4n) is 2.02. The minimum Gasteiger partial charge on any atom is -0.545 e. The molecule has 0 aliphatic carbocycles. The minimum atomic E-state index is -1.30. The Hall–Kier alpha value is -0.234. The molecule has 0 atom stereocenters. The zero-order chi connectivity index (χ0) is 19.7. The third-order valence-corrected chi connectivity index (χ3v) is 3.26. The Bertz CT molecular complexity index is 490. The van der Waals surface area contributed by atoms with E-state index in [1.165, 1.54) is 12.1 Å². The molecule has 9 heteroatoms. The molecule has 0 fully saturated rings. The number of benzene rings is 1. The van der Waals surface area contributed by atoms with Crippen molar-refractivity contribution in [2.24, 2.45) is 0 Å². The van der Waals surface area contributed by atoms with Gasteiger partial charge in [0, 0.05) is 24.8 Å². The van der Waals surface area contributed by atoms with E-state index < -0.39 is 5.97 Å². The fraction of sp³-hybridized carbons (Fsp3) is 0.632. The van der Waals surface area contributed by atoms with Crippen LogP contribution in [0.15, 0.2) is 18.2 Å². The number of hydrogen-bond acceptors (Lipinski definition) is 8. The van der Waals surface area contributed by atoms with E-state index in [0.29, 0.717) is 64.4 Å². The third kappa shape index (κ3) is 13.9. The van der Waals surface area contributed by atoms with Crippen LogP contribution in [0.4, 0.5) is 0 Å². The normalized spacial score (nSPS) is 10.4. The van der Waals surface area contributed by atoms with Gasteiger partial charge in [-0.15, -0.1) is 0 Å². The van der Waals surface area contributed by atoms with Gasteiger partial charge in [0.1, 0.15) is 24.7 Å². The predicted octanol–water partition coefficient (Wildman–Crippen LogP) is -2.08. The summed E-state index contributed by atoms with van der Waals surface area (Å²) >= 11 is 0. The maximum atomic E-state index is 11.2. The third-order valence-electron chi connectivity index (χ3n) is 3.26. The van der Waals surface area contributed by atoms with Gasteiger partial charge in [-0.05, 0) is 26.0 Å². The van der Waals surface area contributed by atoms with Gasteiger partial charge in [-0.2, -0.15) is 0 Å². The molecular weight excluding hydrogens is 395 g/mol. The van der Waals surface area contributed by atoms with Crippen molar-refractivity contribution in [1.82, 2.24) is 0 Å². The Morgan fingerprint density at radius 3 is 1.50 bits per heavy atom. The first-order valence-corrected chi connectivity index (χ1v) is 9.10.